The van der Waals surface area contributed by atoms with Gasteiger partial charge in [-0.15, -0.1) is 0 Å². The predicted molar refractivity (Wildman–Crippen MR) is 117 cm³/mol. The van der Waals surface area contributed by atoms with Crippen LogP contribution in [0.3, 0.4) is 0 Å². The van der Waals surface area contributed by atoms with Crippen LogP contribution in [0.5, 0.6) is 11.5 Å². The number of hydrogen-bond acceptors (Lipinski definition) is 4. The molecule has 0 saturated heterocycles. The van der Waals surface area contributed by atoms with Gasteiger partial charge in [0.15, 0.2) is 11.5 Å². The van der Waals surface area contributed by atoms with Crippen LogP contribution < -0.4 is 14.8 Å². The van der Waals surface area contributed by atoms with E-state index in [1.54, 1.807) is 0 Å². The van der Waals surface area contributed by atoms with Crippen LogP contribution in [0.25, 0.3) is 6.08 Å². The average molecular weight is 460 g/mol. The van der Waals surface area contributed by atoms with Crippen molar-refractivity contribution in [1.29, 1.82) is 0 Å². The van der Waals surface area contributed by atoms with Crippen molar-refractivity contribution in [1.82, 2.24) is 5.32 Å². The lowest BCUT2D eigenvalue weighted by atomic mass is 10.0. The molecule has 0 unspecified atom stereocenters. The molecule has 29 heavy (non-hydrogen) atoms. The highest BCUT2D eigenvalue weighted by Gasteiger charge is 2.19. The van der Waals surface area contributed by atoms with E-state index < -0.39 is 11.7 Å². The molecule has 0 radical (unpaired) electrons. The zero-order valence-corrected chi connectivity index (χ0v) is 18.5. The first-order valence-corrected chi connectivity index (χ1v) is 10.4. The molecule has 2 aromatic carbocycles. The van der Waals surface area contributed by atoms with E-state index in [4.69, 9.17) is 14.2 Å². The zero-order chi connectivity index (χ0) is 20.9. The van der Waals surface area contributed by atoms with E-state index >= 15 is 0 Å². The maximum atomic E-state index is 12.3. The number of carbonyl (C=O) groups is 1. The summed E-state index contributed by atoms with van der Waals surface area (Å²) >= 11 is 3.55. The van der Waals surface area contributed by atoms with E-state index in [9.17, 15) is 4.79 Å². The quantitative estimate of drug-likeness (QED) is 0.600. The minimum Gasteiger partial charge on any atom is -0.454 e. The highest BCUT2D eigenvalue weighted by atomic mass is 79.9. The number of ether oxygens (including phenoxy) is 3. The normalized spacial score (nSPS) is 14.1. The van der Waals surface area contributed by atoms with Crippen LogP contribution in [0, 0.1) is 0 Å². The maximum Gasteiger partial charge on any atom is 0.408 e. The number of amides is 1. The molecule has 1 aliphatic heterocycles. The largest absolute Gasteiger partial charge is 0.454 e. The summed E-state index contributed by atoms with van der Waals surface area (Å²) in [4.78, 5) is 12.3. The number of aryl methyl sites for hydroxylation is 1. The van der Waals surface area contributed by atoms with Gasteiger partial charge in [-0.3, -0.25) is 0 Å². The molecule has 1 aliphatic rings. The Morgan fingerprint density at radius 1 is 1.21 bits per heavy atom. The van der Waals surface area contributed by atoms with E-state index in [0.29, 0.717) is 0 Å². The topological polar surface area (TPSA) is 56.8 Å². The number of benzene rings is 2. The van der Waals surface area contributed by atoms with Crippen LogP contribution in [-0.2, 0) is 11.2 Å². The second-order valence-corrected chi connectivity index (χ2v) is 8.71. The molecule has 154 valence electrons. The Labute approximate surface area is 180 Å². The van der Waals surface area contributed by atoms with Crippen LogP contribution in [0.15, 0.2) is 53.0 Å². The minimum atomic E-state index is -0.544. The number of fused-ring (bicyclic) bond motifs is 1. The molecule has 1 amide bonds. The standard InChI is InChI=1S/C23H26BrNO4/c1-23(2,3)29-22(26)25-18(12-10-17-6-4-5-7-19(17)24)11-8-16-9-13-20-21(14-16)28-15-27-20/h4-7,9-10,12-14,18H,8,11,15H2,1-3H3,(H,25,26)/b12-10+/t18-/m0/s1. The lowest BCUT2D eigenvalue weighted by Gasteiger charge is -2.22. The molecule has 0 spiro atoms. The average Bonchev–Trinajstić information content (AvgIpc) is 3.11. The Bertz CT molecular complexity index is 889. The molecule has 1 heterocycles. The van der Waals surface area contributed by atoms with Gasteiger partial charge >= 0.3 is 6.09 Å². The monoisotopic (exact) mass is 459 g/mol. The van der Waals surface area contributed by atoms with Crippen LogP contribution in [-0.4, -0.2) is 24.5 Å². The summed E-state index contributed by atoms with van der Waals surface area (Å²) in [5.74, 6) is 1.54. The number of nitrogens with one attached hydrogen (secondary N) is 1. The van der Waals surface area contributed by atoms with Crippen molar-refractivity contribution < 1.29 is 19.0 Å². The van der Waals surface area contributed by atoms with Gasteiger partial charge in [0.2, 0.25) is 6.79 Å². The molecule has 2 aromatic rings. The smallest absolute Gasteiger partial charge is 0.408 e. The van der Waals surface area contributed by atoms with Gasteiger partial charge in [-0.05, 0) is 62.9 Å². The minimum absolute atomic E-state index is 0.178. The fourth-order valence-electron chi connectivity index (χ4n) is 2.92. The molecule has 6 heteroatoms. The molecule has 3 rings (SSSR count). The number of carbonyl (C=O) groups excluding carboxylic acids is 1. The molecule has 1 atom stereocenters. The van der Waals surface area contributed by atoms with Crippen molar-refractivity contribution in [2.24, 2.45) is 0 Å². The van der Waals surface area contributed by atoms with Crippen molar-refractivity contribution in [2.45, 2.75) is 45.3 Å². The van der Waals surface area contributed by atoms with E-state index in [2.05, 4.69) is 21.2 Å². The fraction of sp³-hybridized carbons (Fsp3) is 0.348. The molecule has 0 fully saturated rings. The lowest BCUT2D eigenvalue weighted by Crippen LogP contribution is -2.38. The Kier molecular flexibility index (Phi) is 6.85. The van der Waals surface area contributed by atoms with Gasteiger partial charge in [0.05, 0.1) is 6.04 Å². The van der Waals surface area contributed by atoms with E-state index in [1.807, 2.05) is 75.4 Å². The maximum absolute atomic E-state index is 12.3. The Morgan fingerprint density at radius 3 is 2.72 bits per heavy atom. The van der Waals surface area contributed by atoms with Gasteiger partial charge in [0, 0.05) is 4.47 Å². The van der Waals surface area contributed by atoms with Crippen molar-refractivity contribution in [3.05, 3.63) is 64.1 Å². The summed E-state index contributed by atoms with van der Waals surface area (Å²) in [6.07, 6.45) is 5.07. The summed E-state index contributed by atoms with van der Waals surface area (Å²) < 4.78 is 17.2. The third kappa shape index (κ3) is 6.53. The van der Waals surface area contributed by atoms with Crippen molar-refractivity contribution in [2.75, 3.05) is 6.79 Å². The SMILES string of the molecule is CC(C)(C)OC(=O)N[C@H](/C=C/c1ccccc1Br)CCc1ccc2c(c1)OCO2. The van der Waals surface area contributed by atoms with Crippen molar-refractivity contribution in [3.8, 4) is 11.5 Å². The Hall–Kier alpha value is -2.47. The van der Waals surface area contributed by atoms with E-state index in [-0.39, 0.29) is 12.8 Å². The van der Waals surface area contributed by atoms with Crippen LogP contribution in [0.2, 0.25) is 0 Å². The third-order valence-electron chi connectivity index (χ3n) is 4.30. The molecule has 0 aromatic heterocycles. The van der Waals surface area contributed by atoms with Gasteiger partial charge in [0.25, 0.3) is 0 Å². The van der Waals surface area contributed by atoms with Crippen LogP contribution >= 0.6 is 15.9 Å². The zero-order valence-electron chi connectivity index (χ0n) is 16.9. The van der Waals surface area contributed by atoms with Gasteiger partial charge in [-0.25, -0.2) is 4.79 Å². The molecular formula is C23H26BrNO4. The van der Waals surface area contributed by atoms with Gasteiger partial charge in [-0.1, -0.05) is 52.3 Å². The fourth-order valence-corrected chi connectivity index (χ4v) is 3.34. The summed E-state index contributed by atoms with van der Waals surface area (Å²) in [7, 11) is 0. The number of rotatable bonds is 6. The summed E-state index contributed by atoms with van der Waals surface area (Å²) in [5, 5.41) is 2.97. The second-order valence-electron chi connectivity index (χ2n) is 7.86. The van der Waals surface area contributed by atoms with Crippen LogP contribution in [0.4, 0.5) is 4.79 Å². The summed E-state index contributed by atoms with van der Waals surface area (Å²) in [5.41, 5.74) is 1.63. The highest BCUT2D eigenvalue weighted by Crippen LogP contribution is 2.33. The van der Waals surface area contributed by atoms with E-state index in [1.165, 1.54) is 0 Å². The first kappa shape index (κ1) is 21.2. The summed E-state index contributed by atoms with van der Waals surface area (Å²) in [6.45, 7) is 5.82. The number of alkyl carbamates (subject to hydrolysis) is 1. The third-order valence-corrected chi connectivity index (χ3v) is 5.02. The number of halogens is 1. The Morgan fingerprint density at radius 2 is 1.97 bits per heavy atom. The van der Waals surface area contributed by atoms with Crippen LogP contribution in [0.1, 0.15) is 38.3 Å². The first-order chi connectivity index (χ1) is 13.8. The summed E-state index contributed by atoms with van der Waals surface area (Å²) in [6, 6.07) is 13.7. The second kappa shape index (κ2) is 9.35. The molecule has 0 aliphatic carbocycles. The number of hydrogen-bond donors (Lipinski definition) is 1. The van der Waals surface area contributed by atoms with Crippen molar-refractivity contribution in [3.63, 3.8) is 0 Å². The van der Waals surface area contributed by atoms with Crippen molar-refractivity contribution >= 4 is 28.1 Å². The first-order valence-electron chi connectivity index (χ1n) is 9.61. The van der Waals surface area contributed by atoms with Gasteiger partial charge in [0.1, 0.15) is 5.60 Å². The highest BCUT2D eigenvalue weighted by molar-refractivity contribution is 9.10. The molecule has 5 nitrogen and oxygen atoms in total. The lowest BCUT2D eigenvalue weighted by molar-refractivity contribution is 0.0513. The molecular weight excluding hydrogens is 434 g/mol. The molecule has 1 N–H and O–H groups in total. The molecule has 0 saturated carbocycles. The predicted octanol–water partition coefficient (Wildman–Crippen LogP) is 5.72. The van der Waals surface area contributed by atoms with E-state index in [0.717, 1.165) is 39.9 Å². The van der Waals surface area contributed by atoms with Gasteiger partial charge < -0.3 is 19.5 Å². The Balaban J connectivity index is 1.69. The van der Waals surface area contributed by atoms with Gasteiger partial charge in [-0.2, -0.15) is 0 Å². The molecule has 0 bridgehead atoms.